The normalized spacial score (nSPS) is 19.3. The van der Waals surface area contributed by atoms with E-state index in [1.807, 2.05) is 5.38 Å². The largest absolute Gasteiger partial charge is 0.481 e. The molecule has 0 aromatic carbocycles. The summed E-state index contributed by atoms with van der Waals surface area (Å²) in [5, 5.41) is 11.6. The number of hydrogen-bond donors (Lipinski definition) is 1. The molecular weight excluding hydrogens is 260 g/mol. The molecule has 1 aromatic heterocycles. The van der Waals surface area contributed by atoms with E-state index in [0.29, 0.717) is 17.2 Å². The summed E-state index contributed by atoms with van der Waals surface area (Å²) in [6.07, 6.45) is 4.89. The zero-order valence-electron chi connectivity index (χ0n) is 11.8. The highest BCUT2D eigenvalue weighted by Gasteiger charge is 2.29. The third-order valence-electron chi connectivity index (χ3n) is 4.03. The minimum Gasteiger partial charge on any atom is -0.481 e. The number of aliphatic carboxylic acids is 1. The maximum absolute atomic E-state index is 10.7. The monoisotopic (exact) mass is 282 g/mol. The van der Waals surface area contributed by atoms with E-state index in [0.717, 1.165) is 5.13 Å². The average Bonchev–Trinajstić information content (AvgIpc) is 2.75. The molecule has 19 heavy (non-hydrogen) atoms. The Balaban J connectivity index is 1.98. The van der Waals surface area contributed by atoms with Gasteiger partial charge in [-0.2, -0.15) is 0 Å². The van der Waals surface area contributed by atoms with Crippen LogP contribution in [0.1, 0.15) is 45.2 Å². The standard InChI is InChI=1S/C14H22N2O2S/c1-14(2)6-4-11(5-7-14)16(3)13-15-10(9-19-13)8-12(17)18/h9,11H,4-8H2,1-3H3,(H,17,18). The van der Waals surface area contributed by atoms with Gasteiger partial charge in [0.05, 0.1) is 12.1 Å². The van der Waals surface area contributed by atoms with Crippen molar-refractivity contribution in [2.75, 3.05) is 11.9 Å². The number of carboxylic acid groups (broad SMARTS) is 1. The summed E-state index contributed by atoms with van der Waals surface area (Å²) >= 11 is 1.54. The third-order valence-corrected chi connectivity index (χ3v) is 5.01. The topological polar surface area (TPSA) is 53.4 Å². The lowest BCUT2D eigenvalue weighted by atomic mass is 9.75. The summed E-state index contributed by atoms with van der Waals surface area (Å²) in [4.78, 5) is 17.3. The van der Waals surface area contributed by atoms with Crippen LogP contribution in [0.25, 0.3) is 0 Å². The first kappa shape index (κ1) is 14.3. The quantitative estimate of drug-likeness (QED) is 0.921. The van der Waals surface area contributed by atoms with Crippen LogP contribution in [0.2, 0.25) is 0 Å². The van der Waals surface area contributed by atoms with E-state index >= 15 is 0 Å². The van der Waals surface area contributed by atoms with Gasteiger partial charge in [-0.05, 0) is 31.1 Å². The fourth-order valence-electron chi connectivity index (χ4n) is 2.62. The van der Waals surface area contributed by atoms with Crippen molar-refractivity contribution < 1.29 is 9.90 Å². The molecule has 1 aliphatic carbocycles. The smallest absolute Gasteiger partial charge is 0.309 e. The SMILES string of the molecule is CN(c1nc(CC(=O)O)cs1)C1CCC(C)(C)CC1. The summed E-state index contributed by atoms with van der Waals surface area (Å²) in [7, 11) is 2.08. The molecule has 1 saturated carbocycles. The van der Waals surface area contributed by atoms with Crippen LogP contribution in [0.15, 0.2) is 5.38 Å². The third kappa shape index (κ3) is 3.69. The van der Waals surface area contributed by atoms with Gasteiger partial charge in [-0.25, -0.2) is 4.98 Å². The molecule has 1 aliphatic rings. The Bertz CT molecular complexity index is 446. The zero-order valence-corrected chi connectivity index (χ0v) is 12.7. The van der Waals surface area contributed by atoms with E-state index in [9.17, 15) is 4.79 Å². The van der Waals surface area contributed by atoms with E-state index < -0.39 is 5.97 Å². The fraction of sp³-hybridized carbons (Fsp3) is 0.714. The molecule has 0 spiro atoms. The van der Waals surface area contributed by atoms with Gasteiger partial charge in [0.15, 0.2) is 5.13 Å². The van der Waals surface area contributed by atoms with E-state index in [1.54, 1.807) is 11.3 Å². The van der Waals surface area contributed by atoms with Crippen molar-refractivity contribution in [1.82, 2.24) is 4.98 Å². The molecule has 4 nitrogen and oxygen atoms in total. The Labute approximate surface area is 118 Å². The second-order valence-corrected chi connectivity index (χ2v) is 7.03. The Morgan fingerprint density at radius 2 is 2.16 bits per heavy atom. The maximum atomic E-state index is 10.7. The van der Waals surface area contributed by atoms with Gasteiger partial charge in [0, 0.05) is 18.5 Å². The molecule has 1 fully saturated rings. The van der Waals surface area contributed by atoms with Crippen molar-refractivity contribution in [1.29, 1.82) is 0 Å². The Kier molecular flexibility index (Phi) is 4.13. The number of carboxylic acids is 1. The zero-order chi connectivity index (χ0) is 14.0. The van der Waals surface area contributed by atoms with Crippen LogP contribution in [-0.4, -0.2) is 29.1 Å². The van der Waals surface area contributed by atoms with Crippen LogP contribution in [-0.2, 0) is 11.2 Å². The van der Waals surface area contributed by atoms with Gasteiger partial charge >= 0.3 is 5.97 Å². The number of carbonyl (C=O) groups is 1. The van der Waals surface area contributed by atoms with Gasteiger partial charge in [-0.15, -0.1) is 11.3 Å². The van der Waals surface area contributed by atoms with Crippen molar-refractivity contribution >= 4 is 22.4 Å². The van der Waals surface area contributed by atoms with Gasteiger partial charge in [0.2, 0.25) is 0 Å². The van der Waals surface area contributed by atoms with E-state index in [-0.39, 0.29) is 6.42 Å². The Morgan fingerprint density at radius 1 is 1.53 bits per heavy atom. The highest BCUT2D eigenvalue weighted by Crippen LogP contribution is 2.38. The summed E-state index contributed by atoms with van der Waals surface area (Å²) in [5.41, 5.74) is 1.13. The Hall–Kier alpha value is -1.10. The summed E-state index contributed by atoms with van der Waals surface area (Å²) in [6.45, 7) is 4.66. The molecule has 5 heteroatoms. The number of anilines is 1. The highest BCUT2D eigenvalue weighted by atomic mass is 32.1. The van der Waals surface area contributed by atoms with Gasteiger partial charge in [0.25, 0.3) is 0 Å². The number of aromatic nitrogens is 1. The van der Waals surface area contributed by atoms with Crippen molar-refractivity contribution in [3.63, 3.8) is 0 Å². The average molecular weight is 282 g/mol. The van der Waals surface area contributed by atoms with Crippen LogP contribution in [0.5, 0.6) is 0 Å². The van der Waals surface area contributed by atoms with E-state index in [2.05, 4.69) is 30.8 Å². The van der Waals surface area contributed by atoms with Crippen LogP contribution < -0.4 is 4.90 Å². The number of thiazole rings is 1. The second-order valence-electron chi connectivity index (χ2n) is 6.20. The van der Waals surface area contributed by atoms with Gasteiger partial charge < -0.3 is 10.0 Å². The van der Waals surface area contributed by atoms with Gasteiger partial charge in [-0.1, -0.05) is 13.8 Å². The molecule has 0 unspecified atom stereocenters. The second kappa shape index (κ2) is 5.49. The molecular formula is C14H22N2O2S. The van der Waals surface area contributed by atoms with Crippen LogP contribution in [0.3, 0.4) is 0 Å². The molecule has 0 atom stereocenters. The maximum Gasteiger partial charge on any atom is 0.309 e. The first-order chi connectivity index (χ1) is 8.87. The minimum absolute atomic E-state index is 0.0159. The number of rotatable bonds is 4. The fourth-order valence-corrected chi connectivity index (χ4v) is 3.48. The first-order valence-corrected chi connectivity index (χ1v) is 7.64. The Morgan fingerprint density at radius 3 is 2.74 bits per heavy atom. The van der Waals surface area contributed by atoms with Crippen molar-refractivity contribution in [3.05, 3.63) is 11.1 Å². The van der Waals surface area contributed by atoms with Crippen molar-refractivity contribution in [2.45, 2.75) is 52.0 Å². The van der Waals surface area contributed by atoms with E-state index in [1.165, 1.54) is 25.7 Å². The number of nitrogens with zero attached hydrogens (tertiary/aromatic N) is 2. The molecule has 1 heterocycles. The van der Waals surface area contributed by atoms with Crippen LogP contribution >= 0.6 is 11.3 Å². The molecule has 106 valence electrons. The summed E-state index contributed by atoms with van der Waals surface area (Å²) < 4.78 is 0. The summed E-state index contributed by atoms with van der Waals surface area (Å²) in [5.74, 6) is -0.820. The lowest BCUT2D eigenvalue weighted by Crippen LogP contribution is -2.37. The van der Waals surface area contributed by atoms with Crippen LogP contribution in [0, 0.1) is 5.41 Å². The minimum atomic E-state index is -0.820. The molecule has 0 saturated heterocycles. The van der Waals surface area contributed by atoms with Gasteiger partial charge in [0.1, 0.15) is 0 Å². The van der Waals surface area contributed by atoms with Gasteiger partial charge in [-0.3, -0.25) is 4.79 Å². The molecule has 0 amide bonds. The molecule has 0 bridgehead atoms. The highest BCUT2D eigenvalue weighted by molar-refractivity contribution is 7.13. The molecule has 0 radical (unpaired) electrons. The lowest BCUT2D eigenvalue weighted by molar-refractivity contribution is -0.136. The molecule has 2 rings (SSSR count). The lowest BCUT2D eigenvalue weighted by Gasteiger charge is -2.38. The predicted molar refractivity (Wildman–Crippen MR) is 77.9 cm³/mol. The number of hydrogen-bond acceptors (Lipinski definition) is 4. The van der Waals surface area contributed by atoms with Crippen molar-refractivity contribution in [3.8, 4) is 0 Å². The predicted octanol–water partition coefficient (Wildman–Crippen LogP) is 3.18. The summed E-state index contributed by atoms with van der Waals surface area (Å²) in [6, 6.07) is 0.539. The van der Waals surface area contributed by atoms with Crippen LogP contribution in [0.4, 0.5) is 5.13 Å². The van der Waals surface area contributed by atoms with Crippen molar-refractivity contribution in [2.24, 2.45) is 5.41 Å². The molecule has 1 aromatic rings. The molecule has 1 N–H and O–H groups in total. The first-order valence-electron chi connectivity index (χ1n) is 6.76. The molecule has 0 aliphatic heterocycles. The van der Waals surface area contributed by atoms with E-state index in [4.69, 9.17) is 5.11 Å².